The van der Waals surface area contributed by atoms with Crippen LogP contribution in [0.2, 0.25) is 0 Å². The maximum atomic E-state index is 12.9. The summed E-state index contributed by atoms with van der Waals surface area (Å²) in [5.41, 5.74) is 7.88. The molecule has 13 heavy (non-hydrogen) atoms. The molecule has 0 atom stereocenters. The molecule has 0 aromatic heterocycles. The van der Waals surface area contributed by atoms with Gasteiger partial charge in [0.25, 0.3) is 0 Å². The van der Waals surface area contributed by atoms with Crippen LogP contribution in [-0.2, 0) is 0 Å². The topological polar surface area (TPSA) is 26.0 Å². The van der Waals surface area contributed by atoms with Gasteiger partial charge in [0, 0.05) is 12.1 Å². The minimum atomic E-state index is -0.0928. The van der Waals surface area contributed by atoms with Crippen molar-refractivity contribution in [3.8, 4) is 0 Å². The number of allylic oxidation sites excluding steroid dienone is 5. The van der Waals surface area contributed by atoms with Crippen LogP contribution in [0.5, 0.6) is 0 Å². The van der Waals surface area contributed by atoms with E-state index >= 15 is 0 Å². The van der Waals surface area contributed by atoms with Crippen molar-refractivity contribution in [2.45, 2.75) is 34.1 Å². The Hall–Kier alpha value is -1.05. The molecule has 2 heteroatoms. The maximum absolute atomic E-state index is 12.9. The van der Waals surface area contributed by atoms with E-state index in [2.05, 4.69) is 0 Å². The van der Waals surface area contributed by atoms with E-state index in [-0.39, 0.29) is 5.83 Å². The summed E-state index contributed by atoms with van der Waals surface area (Å²) in [5, 5.41) is 0. The first-order valence-electron chi connectivity index (χ1n) is 4.61. The van der Waals surface area contributed by atoms with E-state index in [9.17, 15) is 4.39 Å². The molecular formula is C11H18FN. The summed E-state index contributed by atoms with van der Waals surface area (Å²) in [7, 11) is 0. The quantitative estimate of drug-likeness (QED) is 0.611. The van der Waals surface area contributed by atoms with Crippen LogP contribution in [0.4, 0.5) is 4.39 Å². The van der Waals surface area contributed by atoms with Crippen LogP contribution in [0, 0.1) is 0 Å². The van der Waals surface area contributed by atoms with Crippen LogP contribution in [-0.4, -0.2) is 0 Å². The van der Waals surface area contributed by atoms with E-state index in [0.29, 0.717) is 17.7 Å². The highest BCUT2D eigenvalue weighted by Crippen LogP contribution is 2.20. The highest BCUT2D eigenvalue weighted by Gasteiger charge is 2.04. The summed E-state index contributed by atoms with van der Waals surface area (Å²) in [6.07, 6.45) is 3.85. The summed E-state index contributed by atoms with van der Waals surface area (Å²) in [5.74, 6) is -0.0928. The summed E-state index contributed by atoms with van der Waals surface area (Å²) in [6, 6.07) is 0. The second-order valence-corrected chi connectivity index (χ2v) is 2.78. The third-order valence-electron chi connectivity index (χ3n) is 1.84. The smallest absolute Gasteiger partial charge is 0.107 e. The average Bonchev–Trinajstić information content (AvgIpc) is 2.24. The molecule has 74 valence electrons. The molecule has 0 fully saturated rings. The third kappa shape index (κ3) is 3.45. The highest BCUT2D eigenvalue weighted by molar-refractivity contribution is 5.38. The van der Waals surface area contributed by atoms with Gasteiger partial charge in [0.05, 0.1) is 0 Å². The van der Waals surface area contributed by atoms with Crippen molar-refractivity contribution in [2.75, 3.05) is 0 Å². The molecule has 2 N–H and O–H groups in total. The summed E-state index contributed by atoms with van der Waals surface area (Å²) in [6.45, 7) is 7.62. The molecule has 1 aliphatic carbocycles. The minimum Gasteiger partial charge on any atom is -0.399 e. The molecule has 0 radical (unpaired) electrons. The molecule has 0 aromatic carbocycles. The van der Waals surface area contributed by atoms with Crippen molar-refractivity contribution in [1.82, 2.24) is 0 Å². The lowest BCUT2D eigenvalue weighted by Gasteiger charge is -1.96. The fraction of sp³-hybridized carbons (Fsp3) is 0.455. The van der Waals surface area contributed by atoms with E-state index in [1.807, 2.05) is 20.8 Å². The van der Waals surface area contributed by atoms with Gasteiger partial charge in [-0.3, -0.25) is 0 Å². The Morgan fingerprint density at radius 3 is 2.38 bits per heavy atom. The molecule has 0 aliphatic heterocycles. The van der Waals surface area contributed by atoms with Crippen molar-refractivity contribution >= 4 is 0 Å². The van der Waals surface area contributed by atoms with Crippen molar-refractivity contribution in [3.05, 3.63) is 34.8 Å². The van der Waals surface area contributed by atoms with Gasteiger partial charge < -0.3 is 5.73 Å². The zero-order chi connectivity index (χ0) is 10.4. The highest BCUT2D eigenvalue weighted by atomic mass is 19.1. The fourth-order valence-corrected chi connectivity index (χ4v) is 0.947. The van der Waals surface area contributed by atoms with Gasteiger partial charge in [-0.2, -0.15) is 0 Å². The van der Waals surface area contributed by atoms with E-state index in [0.717, 1.165) is 5.57 Å². The molecule has 0 heterocycles. The standard InChI is InChI=1S/C9H12FN.C2H6/c1-6-3-4-8(10)7(2)5-9(6)11;1-2/h3,5H,4,11H2,1-2H3;1-2H3. The monoisotopic (exact) mass is 183 g/mol. The maximum Gasteiger partial charge on any atom is 0.107 e. The van der Waals surface area contributed by atoms with Gasteiger partial charge in [0.2, 0.25) is 0 Å². The molecule has 0 spiro atoms. The van der Waals surface area contributed by atoms with Gasteiger partial charge in [-0.1, -0.05) is 19.9 Å². The number of rotatable bonds is 0. The number of hydrogen-bond acceptors (Lipinski definition) is 1. The zero-order valence-corrected chi connectivity index (χ0v) is 8.82. The van der Waals surface area contributed by atoms with Gasteiger partial charge in [0.15, 0.2) is 0 Å². The third-order valence-corrected chi connectivity index (χ3v) is 1.84. The first-order valence-corrected chi connectivity index (χ1v) is 4.61. The molecule has 0 bridgehead atoms. The van der Waals surface area contributed by atoms with Crippen LogP contribution >= 0.6 is 0 Å². The Morgan fingerprint density at radius 2 is 1.85 bits per heavy atom. The SMILES string of the molecule is CC.CC1=CCC(F)=C(C)C=C1N. The molecule has 0 amide bonds. The Labute approximate surface area is 79.8 Å². The van der Waals surface area contributed by atoms with E-state index in [1.165, 1.54) is 0 Å². The van der Waals surface area contributed by atoms with Gasteiger partial charge >= 0.3 is 0 Å². The van der Waals surface area contributed by atoms with Crippen LogP contribution in [0.3, 0.4) is 0 Å². The Bertz CT molecular complexity index is 259. The van der Waals surface area contributed by atoms with Crippen molar-refractivity contribution in [2.24, 2.45) is 5.73 Å². The van der Waals surface area contributed by atoms with Gasteiger partial charge in [-0.15, -0.1) is 0 Å². The van der Waals surface area contributed by atoms with Crippen LogP contribution < -0.4 is 5.73 Å². The molecule has 0 unspecified atom stereocenters. The first kappa shape index (κ1) is 11.9. The lowest BCUT2D eigenvalue weighted by atomic mass is 10.2. The Balaban J connectivity index is 0.000000671. The van der Waals surface area contributed by atoms with E-state index in [4.69, 9.17) is 5.73 Å². The van der Waals surface area contributed by atoms with Crippen LogP contribution in [0.1, 0.15) is 34.1 Å². The average molecular weight is 183 g/mol. The molecule has 0 saturated carbocycles. The molecule has 0 aromatic rings. The summed E-state index contributed by atoms with van der Waals surface area (Å²) < 4.78 is 12.9. The van der Waals surface area contributed by atoms with Crippen molar-refractivity contribution in [3.63, 3.8) is 0 Å². The Kier molecular flexibility index (Phi) is 5.12. The van der Waals surface area contributed by atoms with Gasteiger partial charge in [0.1, 0.15) is 5.83 Å². The second kappa shape index (κ2) is 5.57. The van der Waals surface area contributed by atoms with Gasteiger partial charge in [-0.25, -0.2) is 4.39 Å². The molecule has 1 aliphatic rings. The van der Waals surface area contributed by atoms with Gasteiger partial charge in [-0.05, 0) is 31.1 Å². The van der Waals surface area contributed by atoms with E-state index in [1.54, 1.807) is 19.1 Å². The van der Waals surface area contributed by atoms with Crippen LogP contribution in [0.15, 0.2) is 34.8 Å². The fourth-order valence-electron chi connectivity index (χ4n) is 0.947. The number of nitrogens with two attached hydrogens (primary N) is 1. The zero-order valence-electron chi connectivity index (χ0n) is 8.82. The molecular weight excluding hydrogens is 165 g/mol. The summed E-state index contributed by atoms with van der Waals surface area (Å²) in [4.78, 5) is 0. The molecule has 1 rings (SSSR count). The number of halogens is 1. The Morgan fingerprint density at radius 1 is 1.31 bits per heavy atom. The minimum absolute atomic E-state index is 0.0928. The van der Waals surface area contributed by atoms with Crippen molar-refractivity contribution < 1.29 is 4.39 Å². The first-order chi connectivity index (χ1) is 6.11. The predicted octanol–water partition coefficient (Wildman–Crippen LogP) is 3.45. The summed E-state index contributed by atoms with van der Waals surface area (Å²) >= 11 is 0. The lowest BCUT2D eigenvalue weighted by Crippen LogP contribution is -1.97. The van der Waals surface area contributed by atoms with E-state index < -0.39 is 0 Å². The lowest BCUT2D eigenvalue weighted by molar-refractivity contribution is 0.609. The predicted molar refractivity (Wildman–Crippen MR) is 55.8 cm³/mol. The molecule has 0 saturated heterocycles. The van der Waals surface area contributed by atoms with Crippen molar-refractivity contribution in [1.29, 1.82) is 0 Å². The second-order valence-electron chi connectivity index (χ2n) is 2.78. The normalized spacial score (nSPS) is 16.7. The number of hydrogen-bond donors (Lipinski definition) is 1. The van der Waals surface area contributed by atoms with Crippen LogP contribution in [0.25, 0.3) is 0 Å². The largest absolute Gasteiger partial charge is 0.399 e. The molecule has 1 nitrogen and oxygen atoms in total.